The Morgan fingerprint density at radius 2 is 1.98 bits per heavy atom. The first-order valence-corrected chi connectivity index (χ1v) is 14.9. The number of aromatic nitrogens is 2. The lowest BCUT2D eigenvalue weighted by Gasteiger charge is -2.34. The lowest BCUT2D eigenvalue weighted by atomic mass is 9.99. The molecule has 7 rings (SSSR count). The van der Waals surface area contributed by atoms with E-state index in [0.29, 0.717) is 24.2 Å². The quantitative estimate of drug-likeness (QED) is 0.489. The molecule has 2 bridgehead atoms. The molecular formula is C28H40F2N8O2. The zero-order valence-corrected chi connectivity index (χ0v) is 23.0. The summed E-state index contributed by atoms with van der Waals surface area (Å²) in [4.78, 5) is 9.59. The van der Waals surface area contributed by atoms with Gasteiger partial charge in [-0.2, -0.15) is 5.10 Å². The predicted molar refractivity (Wildman–Crippen MR) is 147 cm³/mol. The van der Waals surface area contributed by atoms with Crippen LogP contribution in [0, 0.1) is 5.92 Å². The minimum atomic E-state index is -2.65. The third-order valence-electron chi connectivity index (χ3n) is 9.25. The lowest BCUT2D eigenvalue weighted by molar-refractivity contribution is 0.0568. The molecule has 1 aromatic rings. The standard InChI is InChI=1S/C28H40F2N8O2/c29-28(30)27-24(37-11-6-26-32-25(5-12-38(26)37)35-16-23-15-22(35)19-40-23)17-36(33-27)21-3-9-34(10-4-21)13-14-39-18-20-1-7-31-8-2-20/h5-6,12,17,20-23,28,31H,1-4,7-11,13-16,18-19H2/t22-,23-/m1/s1. The van der Waals surface area contributed by atoms with E-state index >= 15 is 0 Å². The second-order valence-corrected chi connectivity index (χ2v) is 11.8. The lowest BCUT2D eigenvalue weighted by Crippen LogP contribution is -2.43. The van der Waals surface area contributed by atoms with Gasteiger partial charge in [0.1, 0.15) is 11.5 Å². The van der Waals surface area contributed by atoms with Crippen LogP contribution in [0.4, 0.5) is 14.5 Å². The molecule has 6 aliphatic heterocycles. The molecule has 0 saturated carbocycles. The number of fused-ring (bicyclic) bond motifs is 3. The maximum absolute atomic E-state index is 14.2. The SMILES string of the molecule is FC(F)c1nn(C2CCN(CCOCC3CCNCC3)CC2)cc1N1CC=C2N=C(N3C[C@H]4C[C@@H]3CO4)C=CN21. The van der Waals surface area contributed by atoms with Crippen molar-refractivity contribution >= 4 is 11.5 Å². The topological polar surface area (TPSA) is 73.6 Å². The van der Waals surface area contributed by atoms with Crippen LogP contribution in [0.5, 0.6) is 0 Å². The first-order chi connectivity index (χ1) is 19.6. The van der Waals surface area contributed by atoms with Gasteiger partial charge in [-0.25, -0.2) is 18.8 Å². The maximum Gasteiger partial charge on any atom is 0.284 e. The van der Waals surface area contributed by atoms with Crippen molar-refractivity contribution in [3.8, 4) is 0 Å². The molecule has 0 unspecified atom stereocenters. The van der Waals surface area contributed by atoms with Crippen molar-refractivity contribution in [3.05, 3.63) is 36.1 Å². The highest BCUT2D eigenvalue weighted by Crippen LogP contribution is 2.37. The highest BCUT2D eigenvalue weighted by Gasteiger charge is 2.41. The molecule has 1 N–H and O–H groups in total. The Kier molecular flexibility index (Phi) is 7.50. The fourth-order valence-corrected chi connectivity index (χ4v) is 6.91. The van der Waals surface area contributed by atoms with E-state index in [0.717, 1.165) is 90.0 Å². The maximum atomic E-state index is 14.2. The Morgan fingerprint density at radius 1 is 1.12 bits per heavy atom. The Labute approximate surface area is 234 Å². The number of hydrogen-bond donors (Lipinski definition) is 1. The molecule has 4 fully saturated rings. The van der Waals surface area contributed by atoms with Gasteiger partial charge < -0.3 is 24.6 Å². The van der Waals surface area contributed by atoms with E-state index in [1.165, 1.54) is 12.8 Å². The van der Waals surface area contributed by atoms with E-state index in [4.69, 9.17) is 14.5 Å². The zero-order chi connectivity index (χ0) is 27.1. The molecule has 6 aliphatic rings. The van der Waals surface area contributed by atoms with Gasteiger partial charge in [-0.3, -0.25) is 9.69 Å². The molecule has 218 valence electrons. The molecule has 0 spiro atoms. The third kappa shape index (κ3) is 5.26. The van der Waals surface area contributed by atoms with Crippen LogP contribution < -0.4 is 10.3 Å². The van der Waals surface area contributed by atoms with Gasteiger partial charge in [0.15, 0.2) is 11.5 Å². The molecule has 0 aromatic carbocycles. The highest BCUT2D eigenvalue weighted by atomic mass is 19.3. The summed E-state index contributed by atoms with van der Waals surface area (Å²) in [5, 5.41) is 11.5. The van der Waals surface area contributed by atoms with Crippen molar-refractivity contribution in [1.82, 2.24) is 29.9 Å². The summed E-state index contributed by atoms with van der Waals surface area (Å²) >= 11 is 0. The summed E-state index contributed by atoms with van der Waals surface area (Å²) in [7, 11) is 0. The number of hydrogen-bond acceptors (Lipinski definition) is 9. The molecule has 10 nitrogen and oxygen atoms in total. The number of morpholine rings is 1. The van der Waals surface area contributed by atoms with Gasteiger partial charge in [0, 0.05) is 39.0 Å². The van der Waals surface area contributed by atoms with Crippen LogP contribution in [0.3, 0.4) is 0 Å². The molecule has 2 atom stereocenters. The Hall–Kier alpha value is -2.54. The van der Waals surface area contributed by atoms with Crippen LogP contribution in [0.15, 0.2) is 35.4 Å². The molecule has 0 radical (unpaired) electrons. The molecule has 40 heavy (non-hydrogen) atoms. The van der Waals surface area contributed by atoms with E-state index in [1.807, 2.05) is 34.6 Å². The number of ether oxygens (including phenoxy) is 2. The largest absolute Gasteiger partial charge is 0.380 e. The van der Waals surface area contributed by atoms with Crippen LogP contribution >= 0.6 is 0 Å². The Morgan fingerprint density at radius 3 is 2.73 bits per heavy atom. The molecule has 12 heteroatoms. The van der Waals surface area contributed by atoms with Crippen LogP contribution in [0.25, 0.3) is 0 Å². The number of nitrogens with one attached hydrogen (secondary N) is 1. The molecule has 1 aromatic heterocycles. The normalized spacial score (nSPS) is 27.7. The Bertz CT molecular complexity index is 1140. The van der Waals surface area contributed by atoms with Gasteiger partial charge in [-0.1, -0.05) is 0 Å². The molecule has 0 amide bonds. The smallest absolute Gasteiger partial charge is 0.284 e. The van der Waals surface area contributed by atoms with Gasteiger partial charge in [0.25, 0.3) is 6.43 Å². The number of anilines is 1. The summed E-state index contributed by atoms with van der Waals surface area (Å²) in [5.41, 5.74) is 0.285. The summed E-state index contributed by atoms with van der Waals surface area (Å²) in [6.07, 6.45) is 10.6. The van der Waals surface area contributed by atoms with Gasteiger partial charge in [0.2, 0.25) is 0 Å². The van der Waals surface area contributed by atoms with Gasteiger partial charge in [0.05, 0.1) is 44.1 Å². The summed E-state index contributed by atoms with van der Waals surface area (Å²) < 4.78 is 41.8. The molecule has 4 saturated heterocycles. The van der Waals surface area contributed by atoms with Crippen molar-refractivity contribution in [2.24, 2.45) is 10.9 Å². The summed E-state index contributed by atoms with van der Waals surface area (Å²) in [6.45, 7) is 8.64. The number of piperidine rings is 2. The predicted octanol–water partition coefficient (Wildman–Crippen LogP) is 2.75. The average molecular weight is 559 g/mol. The molecule has 7 heterocycles. The van der Waals surface area contributed by atoms with Gasteiger partial charge >= 0.3 is 0 Å². The van der Waals surface area contributed by atoms with Crippen LogP contribution in [0.2, 0.25) is 0 Å². The number of alkyl halides is 2. The fourth-order valence-electron chi connectivity index (χ4n) is 6.91. The van der Waals surface area contributed by atoms with Crippen molar-refractivity contribution in [1.29, 1.82) is 0 Å². The molecular weight excluding hydrogens is 518 g/mol. The molecule has 0 aliphatic carbocycles. The van der Waals surface area contributed by atoms with E-state index in [-0.39, 0.29) is 17.8 Å². The van der Waals surface area contributed by atoms with Crippen molar-refractivity contribution in [2.75, 3.05) is 70.6 Å². The number of nitrogens with zero attached hydrogens (tertiary/aromatic N) is 7. The van der Waals surface area contributed by atoms with E-state index in [2.05, 4.69) is 20.2 Å². The van der Waals surface area contributed by atoms with E-state index < -0.39 is 6.43 Å². The second-order valence-electron chi connectivity index (χ2n) is 11.8. The number of rotatable bonds is 8. The zero-order valence-electron chi connectivity index (χ0n) is 23.0. The highest BCUT2D eigenvalue weighted by molar-refractivity contribution is 5.95. The van der Waals surface area contributed by atoms with E-state index in [9.17, 15) is 8.78 Å². The van der Waals surface area contributed by atoms with Crippen LogP contribution in [-0.4, -0.2) is 108 Å². The minimum Gasteiger partial charge on any atom is -0.380 e. The first-order valence-electron chi connectivity index (χ1n) is 14.9. The number of amidine groups is 1. The summed E-state index contributed by atoms with van der Waals surface area (Å²) in [6, 6.07) is 0.488. The minimum absolute atomic E-state index is 0.113. The number of likely N-dealkylation sites (tertiary alicyclic amines) is 2. The average Bonchev–Trinajstić information content (AvgIpc) is 3.79. The van der Waals surface area contributed by atoms with Gasteiger partial charge in [-0.15, -0.1) is 0 Å². The number of halogens is 2. The van der Waals surface area contributed by atoms with E-state index in [1.54, 1.807) is 4.68 Å². The van der Waals surface area contributed by atoms with Crippen molar-refractivity contribution in [2.45, 2.75) is 56.7 Å². The van der Waals surface area contributed by atoms with Crippen molar-refractivity contribution in [3.63, 3.8) is 0 Å². The number of hydrazine groups is 1. The summed E-state index contributed by atoms with van der Waals surface area (Å²) in [5.74, 6) is 2.37. The van der Waals surface area contributed by atoms with Gasteiger partial charge in [-0.05, 0) is 63.3 Å². The van der Waals surface area contributed by atoms with Crippen LogP contribution in [0.1, 0.15) is 50.3 Å². The number of aliphatic imine (C=N–C) groups is 1. The van der Waals surface area contributed by atoms with Crippen LogP contribution in [-0.2, 0) is 9.47 Å². The second kappa shape index (κ2) is 11.4. The first kappa shape index (κ1) is 26.4. The fraction of sp³-hybridized carbons (Fsp3) is 0.714. The van der Waals surface area contributed by atoms with Crippen molar-refractivity contribution < 1.29 is 18.3 Å². The monoisotopic (exact) mass is 558 g/mol. The third-order valence-corrected chi connectivity index (χ3v) is 9.25. The Balaban J connectivity index is 0.947.